The van der Waals surface area contributed by atoms with Crippen LogP contribution in [0.1, 0.15) is 66.0 Å². The summed E-state index contributed by atoms with van der Waals surface area (Å²) in [5.41, 5.74) is 15.4. The fourth-order valence-corrected chi connectivity index (χ4v) is 11.7. The molecule has 3 aromatic heterocycles. The van der Waals surface area contributed by atoms with Crippen molar-refractivity contribution in [3.8, 4) is 56.4 Å². The van der Waals surface area contributed by atoms with E-state index in [2.05, 4.69) is 212 Å². The molecule has 11 aromatic rings. The number of para-hydroxylation sites is 4. The molecule has 0 bridgehead atoms. The second-order valence-electron chi connectivity index (χ2n) is 19.2. The van der Waals surface area contributed by atoms with Crippen LogP contribution in [0.3, 0.4) is 0 Å². The summed E-state index contributed by atoms with van der Waals surface area (Å²) < 4.78 is 41.2. The van der Waals surface area contributed by atoms with E-state index in [0.29, 0.717) is 17.1 Å². The van der Waals surface area contributed by atoms with Gasteiger partial charge in [-0.15, -0.1) is 0 Å². The Morgan fingerprint density at radius 3 is 1.91 bits per heavy atom. The van der Waals surface area contributed by atoms with Gasteiger partial charge in [-0.05, 0) is 41.1 Å². The van der Waals surface area contributed by atoms with Gasteiger partial charge >= 0.3 is 296 Å². The molecule has 8 aromatic carbocycles. The third kappa shape index (κ3) is 7.61. The maximum atomic E-state index is 8.69. The quantitative estimate of drug-likeness (QED) is 0.152. The Kier molecular flexibility index (Phi) is 9.95. The van der Waals surface area contributed by atoms with Crippen LogP contribution in [-0.2, 0) is 31.2 Å². The first-order valence-electron chi connectivity index (χ1n) is 25.3. The molecule has 0 radical (unpaired) electrons. The number of ether oxygens (including phenoxy) is 1. The van der Waals surface area contributed by atoms with Gasteiger partial charge in [0, 0.05) is 15.9 Å². The smallest absolute Gasteiger partial charge is 0.0374 e. The second kappa shape index (κ2) is 17.3. The fraction of sp³-hybridized carbons (Fsp3) is 0.143. The molecule has 0 N–H and O–H groups in total. The minimum Gasteiger partial charge on any atom is -0.238 e. The van der Waals surface area contributed by atoms with Crippen LogP contribution in [0.15, 0.2) is 200 Å². The van der Waals surface area contributed by atoms with Crippen molar-refractivity contribution in [3.63, 3.8) is 0 Å². The molecule has 0 aliphatic heterocycles. The summed E-state index contributed by atoms with van der Waals surface area (Å²) in [6.45, 7) is 4.14. The van der Waals surface area contributed by atoms with E-state index in [1.807, 2.05) is 30.3 Å². The Labute approximate surface area is 418 Å². The van der Waals surface area contributed by atoms with Gasteiger partial charge in [-0.1, -0.05) is 63.2 Å². The van der Waals surface area contributed by atoms with Crippen LogP contribution in [0.5, 0.6) is 11.5 Å². The van der Waals surface area contributed by atoms with Gasteiger partial charge < -0.3 is 0 Å². The van der Waals surface area contributed by atoms with Crippen LogP contribution < -0.4 is 4.74 Å². The summed E-state index contributed by atoms with van der Waals surface area (Å²) in [7, 11) is 0. The molecule has 69 heavy (non-hydrogen) atoms. The van der Waals surface area contributed by atoms with E-state index in [1.54, 1.807) is 12.3 Å². The van der Waals surface area contributed by atoms with E-state index in [4.69, 9.17) is 13.8 Å². The minimum atomic E-state index is -2.38. The number of fused-ring (bicyclic) bond motifs is 5. The van der Waals surface area contributed by atoms with Crippen LogP contribution in [0.2, 0.25) is 0 Å². The topological polar surface area (TPSA) is 36.9 Å². The largest absolute Gasteiger partial charge is 0.238 e. The molecule has 0 amide bonds. The van der Waals surface area contributed by atoms with Gasteiger partial charge in [0.2, 0.25) is 0 Å². The van der Waals surface area contributed by atoms with Crippen LogP contribution in [0, 0.1) is 10.7 Å². The maximum absolute atomic E-state index is 8.69. The van der Waals surface area contributed by atoms with Crippen molar-refractivity contribution < 1.29 is 28.2 Å². The van der Waals surface area contributed by atoms with E-state index in [1.165, 1.54) is 44.5 Å². The van der Waals surface area contributed by atoms with Gasteiger partial charge in [-0.3, -0.25) is 0 Å². The maximum Gasteiger partial charge on any atom is 0.0374 e. The molecule has 1 unspecified atom stereocenters. The van der Waals surface area contributed by atoms with E-state index in [-0.39, 0.29) is 17.0 Å². The van der Waals surface area contributed by atoms with E-state index >= 15 is 0 Å². The molecule has 1 aliphatic carbocycles. The van der Waals surface area contributed by atoms with Crippen molar-refractivity contribution in [3.05, 3.63) is 226 Å². The number of pyridine rings is 1. The molecule has 0 saturated heterocycles. The van der Waals surface area contributed by atoms with Crippen LogP contribution in [-0.4, -0.2) is 18.7 Å². The first-order chi connectivity index (χ1) is 34.9. The van der Waals surface area contributed by atoms with Crippen LogP contribution in [0.25, 0.3) is 77.7 Å². The third-order valence-electron chi connectivity index (χ3n) is 13.9. The van der Waals surface area contributed by atoms with Gasteiger partial charge in [0.15, 0.2) is 0 Å². The third-order valence-corrected chi connectivity index (χ3v) is 15.0. The molecule has 0 saturated carbocycles. The van der Waals surface area contributed by atoms with E-state index < -0.39 is 6.85 Å². The molecular formula is C63H52N4OPt. The number of hydrogen-bond acceptors (Lipinski definition) is 2. The predicted octanol–water partition coefficient (Wildman–Crippen LogP) is 16.3. The van der Waals surface area contributed by atoms with Crippen LogP contribution in [0.4, 0.5) is 0 Å². The predicted molar refractivity (Wildman–Crippen MR) is 280 cm³/mol. The molecule has 1 aliphatic rings. The van der Waals surface area contributed by atoms with Gasteiger partial charge in [-0.2, -0.15) is 0 Å². The summed E-state index contributed by atoms with van der Waals surface area (Å²) in [6.07, 6.45) is 4.76. The molecule has 6 heteroatoms. The zero-order valence-corrected chi connectivity index (χ0v) is 41.0. The van der Waals surface area contributed by atoms with Crippen molar-refractivity contribution in [2.45, 2.75) is 58.3 Å². The Balaban J connectivity index is 0.953. The molecule has 340 valence electrons. The molecule has 5 nitrogen and oxygen atoms in total. The Bertz CT molecular complexity index is 3860. The average molecular weight is 1080 g/mol. The number of nitrogens with zero attached hydrogens (tertiary/aromatic N) is 4. The summed E-state index contributed by atoms with van der Waals surface area (Å²) in [6, 6.07) is 67.9. The Hall–Kier alpha value is -7.33. The van der Waals surface area contributed by atoms with Gasteiger partial charge in [-0.25, -0.2) is 4.98 Å². The van der Waals surface area contributed by atoms with Gasteiger partial charge in [0.05, 0.1) is 0 Å². The van der Waals surface area contributed by atoms with Crippen molar-refractivity contribution in [1.29, 1.82) is 0 Å². The Morgan fingerprint density at radius 2 is 1.20 bits per heavy atom. The summed E-state index contributed by atoms with van der Waals surface area (Å²) in [5, 5.41) is 2.07. The summed E-state index contributed by atoms with van der Waals surface area (Å²) >= 11 is 2.57. The normalized spacial score (nSPS) is 14.7. The SMILES string of the molecule is [2H]C([2H])([2H])c1cc(-n2c3ccccc3c3ccc(Oc4ccc5c(c4)C(n4[c](=[Pt])n(-c6c(-c7ccccc7)cccc6-c6ccccc6)c6ccccc64)CCC5)cc32)ncc1-c1ccc(C(C)(C)C)cc1. The van der Waals surface area contributed by atoms with Crippen molar-refractivity contribution in [1.82, 2.24) is 18.7 Å². The Morgan fingerprint density at radius 1 is 0.580 bits per heavy atom. The molecule has 12 rings (SSSR count). The number of benzene rings is 8. The van der Waals surface area contributed by atoms with E-state index in [0.717, 1.165) is 67.4 Å². The number of hydrogen-bond donors (Lipinski definition) is 0. The fourth-order valence-electron chi connectivity index (χ4n) is 10.6. The minimum absolute atomic E-state index is 0.0270. The van der Waals surface area contributed by atoms with Crippen molar-refractivity contribution in [2.75, 3.05) is 0 Å². The van der Waals surface area contributed by atoms with E-state index in [9.17, 15) is 0 Å². The summed E-state index contributed by atoms with van der Waals surface area (Å²) in [4.78, 5) is 5.00. The number of rotatable bonds is 8. The first kappa shape index (κ1) is 39.6. The van der Waals surface area contributed by atoms with Crippen molar-refractivity contribution in [2.24, 2.45) is 0 Å². The average Bonchev–Trinajstić information content (AvgIpc) is 3.88. The number of aryl methyl sites for hydroxylation is 2. The monoisotopic (exact) mass is 1080 g/mol. The number of aromatic nitrogens is 4. The number of imidazole rings is 1. The molecule has 3 heterocycles. The summed E-state index contributed by atoms with van der Waals surface area (Å²) in [5.74, 6) is 1.97. The standard InChI is InChI=1S/C63H52N4O.Pt/c1-42-37-61(64-40-55(42)46-29-32-47(33-30-46)63(2,3)4)67-57-25-12-11-22-52(57)53-36-35-49(39-60(53)67)68-48-34-31-45-21-15-28-56(54(45)38-48)65-41-66(59-27-14-13-26-58(59)65)62-50(43-17-7-5-8-18-43)23-16-24-51(62)44-19-9-6-10-20-44;/h5-14,16-20,22-27,29-40,56H,15,21,28H2,1-4H3;/i1D3;. The molecular weight excluding hydrogens is 1020 g/mol. The second-order valence-corrected chi connectivity index (χ2v) is 20.2. The first-order valence-corrected chi connectivity index (χ1v) is 24.9. The molecule has 1 atom stereocenters. The van der Waals surface area contributed by atoms with Gasteiger partial charge in [0.1, 0.15) is 0 Å². The zero-order valence-electron chi connectivity index (χ0n) is 41.8. The van der Waals surface area contributed by atoms with Crippen molar-refractivity contribution >= 4 is 32.8 Å². The molecule has 0 spiro atoms. The zero-order chi connectivity index (χ0) is 49.3. The van der Waals surface area contributed by atoms with Crippen LogP contribution >= 0.6 is 0 Å². The van der Waals surface area contributed by atoms with Gasteiger partial charge in [0.25, 0.3) is 0 Å². The molecule has 0 fully saturated rings.